The molecule has 0 bridgehead atoms. The van der Waals surface area contributed by atoms with Gasteiger partial charge in [0.25, 0.3) is 0 Å². The highest BCUT2D eigenvalue weighted by molar-refractivity contribution is 5.87. The topological polar surface area (TPSA) is 297 Å². The molecule has 480 valence electrons. The van der Waals surface area contributed by atoms with Crippen molar-refractivity contribution in [1.82, 2.24) is 94.7 Å². The Bertz CT molecular complexity index is 5320. The highest BCUT2D eigenvalue weighted by atomic mass is 19.1. The number of hydrogen-bond donors (Lipinski definition) is 2. The number of hydrogen-bond acceptors (Lipinski definition) is 23. The molecule has 12 aromatic heterocycles. The fourth-order valence-corrected chi connectivity index (χ4v) is 10.5. The number of aromatic amines is 1. The van der Waals surface area contributed by atoms with Gasteiger partial charge in [-0.3, -0.25) is 19.7 Å². The maximum atomic E-state index is 13.5. The van der Waals surface area contributed by atoms with Crippen LogP contribution in [0.5, 0.6) is 34.5 Å². The Morgan fingerprint density at radius 1 is 0.448 bits per heavy atom. The lowest BCUT2D eigenvalue weighted by atomic mass is 10.2. The average molecular weight is 1290 g/mol. The van der Waals surface area contributed by atoms with Crippen molar-refractivity contribution in [1.29, 1.82) is 0 Å². The first-order valence-corrected chi connectivity index (χ1v) is 29.7. The second-order valence-electron chi connectivity index (χ2n) is 21.2. The van der Waals surface area contributed by atoms with Crippen molar-refractivity contribution in [2.45, 2.75) is 27.2 Å². The number of rotatable bonds is 16. The van der Waals surface area contributed by atoms with E-state index < -0.39 is 5.95 Å². The monoisotopic (exact) mass is 1290 g/mol. The van der Waals surface area contributed by atoms with Crippen molar-refractivity contribution >= 4 is 55.5 Å². The number of pyridine rings is 6. The summed E-state index contributed by atoms with van der Waals surface area (Å²) in [5.41, 5.74) is 8.19. The summed E-state index contributed by atoms with van der Waals surface area (Å²) in [6, 6.07) is 43.7. The number of benzene rings is 3. The van der Waals surface area contributed by atoms with Gasteiger partial charge in [0, 0.05) is 127 Å². The molecule has 0 atom stereocenters. The normalized spacial score (nSPS) is 12.0. The van der Waals surface area contributed by atoms with E-state index in [9.17, 15) is 9.18 Å². The number of aromatic nitrogens is 18. The van der Waals surface area contributed by atoms with Gasteiger partial charge in [0.05, 0.1) is 55.0 Å². The van der Waals surface area contributed by atoms with Crippen LogP contribution in [-0.2, 0) is 19.8 Å². The van der Waals surface area contributed by atoms with Crippen molar-refractivity contribution in [2.75, 3.05) is 52.4 Å². The number of fused-ring (bicyclic) bond motifs is 6. The van der Waals surface area contributed by atoms with Gasteiger partial charge in [-0.1, -0.05) is 7.43 Å². The zero-order valence-electron chi connectivity index (χ0n) is 51.1. The van der Waals surface area contributed by atoms with Crippen molar-refractivity contribution in [2.24, 2.45) is 0 Å². The van der Waals surface area contributed by atoms with Gasteiger partial charge in [-0.05, 0) is 115 Å². The Hall–Kier alpha value is -12.7. The molecular weight excluding hydrogens is 1230 g/mol. The molecule has 0 unspecified atom stereocenters. The van der Waals surface area contributed by atoms with Crippen molar-refractivity contribution in [3.8, 4) is 68.3 Å². The number of nitrogens with zero attached hydrogens (tertiary/aromatic N) is 18. The Morgan fingerprint density at radius 3 is 1.30 bits per heavy atom. The number of nitrogens with one attached hydrogen (secondary N) is 2. The van der Waals surface area contributed by atoms with Crippen molar-refractivity contribution in [3.63, 3.8) is 0 Å². The number of ether oxygens (including phenoxy) is 6. The summed E-state index contributed by atoms with van der Waals surface area (Å²) in [6.45, 7) is 4.39. The van der Waals surface area contributed by atoms with E-state index in [0.717, 1.165) is 93.2 Å². The lowest BCUT2D eigenvalue weighted by Gasteiger charge is -2.28. The van der Waals surface area contributed by atoms with Crippen LogP contribution in [0.25, 0.3) is 83.4 Å². The molecule has 27 nitrogen and oxygen atoms in total. The van der Waals surface area contributed by atoms with Crippen LogP contribution in [0, 0.1) is 5.95 Å². The van der Waals surface area contributed by atoms with E-state index in [1.54, 1.807) is 108 Å². The van der Waals surface area contributed by atoms with Gasteiger partial charge in [-0.25, -0.2) is 9.97 Å². The third kappa shape index (κ3) is 13.5. The number of piperazine rings is 1. The molecule has 0 amide bonds. The largest absolute Gasteiger partial charge is 0.497 e. The molecule has 15 aromatic rings. The molecule has 13 heterocycles. The van der Waals surface area contributed by atoms with Gasteiger partial charge < -0.3 is 43.6 Å². The van der Waals surface area contributed by atoms with Crippen LogP contribution >= 0.6 is 0 Å². The van der Waals surface area contributed by atoms with Crippen molar-refractivity contribution < 1.29 is 32.8 Å². The molecule has 28 heteroatoms. The average Bonchev–Trinajstić information content (AvgIpc) is 1.69. The van der Waals surface area contributed by atoms with Gasteiger partial charge in [0.2, 0.25) is 11.5 Å². The van der Waals surface area contributed by atoms with Gasteiger partial charge >= 0.3 is 0 Å². The number of anilines is 1. The number of halogens is 1. The summed E-state index contributed by atoms with van der Waals surface area (Å²) in [4.78, 5) is 37.9. The molecule has 3 aromatic carbocycles. The molecule has 0 aliphatic carbocycles. The minimum absolute atomic E-state index is 0. The van der Waals surface area contributed by atoms with E-state index in [2.05, 4.69) is 87.0 Å². The van der Waals surface area contributed by atoms with Crippen molar-refractivity contribution in [3.05, 3.63) is 217 Å². The van der Waals surface area contributed by atoms with E-state index in [0.29, 0.717) is 74.2 Å². The van der Waals surface area contributed by atoms with Crippen LogP contribution < -0.4 is 44.2 Å². The predicted octanol–water partition coefficient (Wildman–Crippen LogP) is 9.44. The van der Waals surface area contributed by atoms with Crippen LogP contribution in [0.15, 0.2) is 188 Å². The fourth-order valence-electron chi connectivity index (χ4n) is 10.5. The Balaban J connectivity index is 0.000000130. The first kappa shape index (κ1) is 62.1. The Kier molecular flexibility index (Phi) is 18.1. The van der Waals surface area contributed by atoms with Crippen LogP contribution in [0.3, 0.4) is 0 Å². The SMILES string of the molecule is C.COc1ccc2c(OCc3nnc4ccc(-c5cc[nH]c(=O)c5)nn34)ccnc2c1.COc1ccc2c(OCc3nnc4ccc(-c5ccc(N6CCNCC6)nc5)nn34)ccnc2c1.COc1ccc2c(OCc3nnc4ccc(-c5ccnc(F)c5)nn34)ccnc2c1. The van der Waals surface area contributed by atoms with Gasteiger partial charge in [-0.2, -0.15) is 33.2 Å². The maximum absolute atomic E-state index is 13.5. The van der Waals surface area contributed by atoms with Gasteiger partial charge in [0.15, 0.2) is 34.4 Å². The van der Waals surface area contributed by atoms with Crippen LogP contribution in [0.4, 0.5) is 10.2 Å². The third-order valence-electron chi connectivity index (χ3n) is 15.4. The number of H-pyrrole nitrogens is 1. The van der Waals surface area contributed by atoms with Crippen LogP contribution in [0.1, 0.15) is 24.9 Å². The van der Waals surface area contributed by atoms with Gasteiger partial charge in [0.1, 0.15) is 60.1 Å². The molecule has 1 aliphatic heterocycles. The summed E-state index contributed by atoms with van der Waals surface area (Å²) >= 11 is 0. The predicted molar refractivity (Wildman–Crippen MR) is 355 cm³/mol. The minimum Gasteiger partial charge on any atom is -0.497 e. The lowest BCUT2D eigenvalue weighted by molar-refractivity contribution is 0.296. The summed E-state index contributed by atoms with van der Waals surface area (Å²) in [6.07, 6.45) is 9.92. The second-order valence-corrected chi connectivity index (χ2v) is 21.2. The Labute approximate surface area is 545 Å². The molecule has 0 spiro atoms. The Morgan fingerprint density at radius 2 is 0.885 bits per heavy atom. The number of methoxy groups -OCH3 is 3. The zero-order chi connectivity index (χ0) is 64.6. The highest BCUT2D eigenvalue weighted by Gasteiger charge is 2.18. The zero-order valence-corrected chi connectivity index (χ0v) is 51.1. The first-order valence-electron chi connectivity index (χ1n) is 29.7. The molecule has 0 radical (unpaired) electrons. The maximum Gasteiger partial charge on any atom is 0.248 e. The summed E-state index contributed by atoms with van der Waals surface area (Å²) < 4.78 is 52.3. The quantitative estimate of drug-likeness (QED) is 0.0851. The molecule has 1 saturated heterocycles. The van der Waals surface area contributed by atoms with E-state index in [-0.39, 0.29) is 32.8 Å². The lowest BCUT2D eigenvalue weighted by Crippen LogP contribution is -2.43. The highest BCUT2D eigenvalue weighted by Crippen LogP contribution is 2.32. The first-order chi connectivity index (χ1) is 46.7. The summed E-state index contributed by atoms with van der Waals surface area (Å²) in [7, 11) is 4.86. The molecule has 96 heavy (non-hydrogen) atoms. The standard InChI is InChI=1S/C25H24N8O2.C21H15FN6O2.C21H16N6O3.CH4/c1-34-18-3-4-19-21(14-18)27-9-8-22(19)35-16-25-30-29-24-7-5-20(31-33(24)25)17-2-6-23(28-15-17)32-12-10-26-11-13-32;1-29-14-2-3-15-17(11-14)23-9-7-18(15)30-12-21-26-25-20-5-4-16(27-28(20)21)13-6-8-24-19(22)10-13;1-29-14-2-3-15-17(11-14)22-9-7-18(15)30-12-20-25-24-19-5-4-16(26-27(19)20)13-6-8-23-21(28)10-13;/h2-9,14-15,26H,10-13,16H2,1H3;2-11H,12H2,1H3;2-11H,12H2,1H3,(H,23,28);1H4. The molecule has 0 saturated carbocycles. The van der Waals surface area contributed by atoms with Crippen LogP contribution in [-0.4, -0.2) is 137 Å². The van der Waals surface area contributed by atoms with E-state index in [1.807, 2.05) is 85.1 Å². The molecule has 2 N–H and O–H groups in total. The molecule has 16 rings (SSSR count). The molecule has 1 aliphatic rings. The third-order valence-corrected chi connectivity index (χ3v) is 15.4. The smallest absolute Gasteiger partial charge is 0.248 e. The van der Waals surface area contributed by atoms with Crippen LogP contribution in [0.2, 0.25) is 0 Å². The van der Waals surface area contributed by atoms with E-state index in [1.165, 1.54) is 18.3 Å². The molecular formula is C68H59FN20O7. The fraction of sp³-hybridized carbons (Fsp3) is 0.162. The molecule has 1 fully saturated rings. The van der Waals surface area contributed by atoms with E-state index in [4.69, 9.17) is 33.5 Å². The van der Waals surface area contributed by atoms with E-state index >= 15 is 0 Å². The van der Waals surface area contributed by atoms with Gasteiger partial charge in [-0.15, -0.1) is 30.6 Å². The second kappa shape index (κ2) is 28.0. The summed E-state index contributed by atoms with van der Waals surface area (Å²) in [5, 5.41) is 45.0. The minimum atomic E-state index is -0.567. The summed E-state index contributed by atoms with van der Waals surface area (Å²) in [5.74, 6) is 6.31.